The summed E-state index contributed by atoms with van der Waals surface area (Å²) in [5, 5.41) is 0. The normalized spacial score (nSPS) is 32.3. The van der Waals surface area contributed by atoms with E-state index in [1.807, 2.05) is 0 Å². The predicted octanol–water partition coefficient (Wildman–Crippen LogP) is 6.69. The van der Waals surface area contributed by atoms with Crippen molar-refractivity contribution < 1.29 is 27.0 Å². The van der Waals surface area contributed by atoms with E-state index in [1.54, 1.807) is 0 Å². The van der Waals surface area contributed by atoms with Gasteiger partial charge in [0, 0.05) is 5.92 Å². The van der Waals surface area contributed by atoms with Crippen LogP contribution in [0, 0.1) is 23.6 Å². The van der Waals surface area contributed by atoms with Crippen LogP contribution in [0.3, 0.4) is 0 Å². The van der Waals surface area contributed by atoms with Crippen molar-refractivity contribution in [3.05, 3.63) is 35.1 Å². The van der Waals surface area contributed by atoms with Crippen LogP contribution in [-0.2, 0) is 15.7 Å². The molecular formula is C23H30F4O2. The zero-order valence-electron chi connectivity index (χ0n) is 16.7. The molecule has 0 atom stereocenters. The zero-order valence-corrected chi connectivity index (χ0v) is 16.7. The van der Waals surface area contributed by atoms with Gasteiger partial charge in [0.15, 0.2) is 6.29 Å². The first kappa shape index (κ1) is 21.1. The first-order chi connectivity index (χ1) is 13.9. The molecule has 1 heterocycles. The van der Waals surface area contributed by atoms with E-state index in [-0.39, 0.29) is 12.2 Å². The average Bonchev–Trinajstić information content (AvgIpc) is 2.74. The fourth-order valence-electron chi connectivity index (χ4n) is 5.61. The highest BCUT2D eigenvalue weighted by molar-refractivity contribution is 5.29. The molecule has 3 aliphatic rings. The molecule has 1 aliphatic heterocycles. The van der Waals surface area contributed by atoms with E-state index in [0.717, 1.165) is 76.2 Å². The summed E-state index contributed by atoms with van der Waals surface area (Å²) in [4.78, 5) is 0. The monoisotopic (exact) mass is 414 g/mol. The number of halogens is 4. The lowest BCUT2D eigenvalue weighted by Crippen LogP contribution is -2.35. The molecule has 1 aromatic rings. The number of benzene rings is 1. The van der Waals surface area contributed by atoms with Crippen molar-refractivity contribution in [3.63, 3.8) is 0 Å². The van der Waals surface area contributed by atoms with Gasteiger partial charge in [0.25, 0.3) is 0 Å². The fourth-order valence-corrected chi connectivity index (χ4v) is 5.61. The van der Waals surface area contributed by atoms with Gasteiger partial charge in [-0.2, -0.15) is 13.2 Å². The molecule has 2 nitrogen and oxygen atoms in total. The van der Waals surface area contributed by atoms with Gasteiger partial charge in [-0.3, -0.25) is 0 Å². The van der Waals surface area contributed by atoms with Crippen molar-refractivity contribution in [1.82, 2.24) is 0 Å². The van der Waals surface area contributed by atoms with Crippen LogP contribution >= 0.6 is 0 Å². The number of rotatable bonds is 3. The van der Waals surface area contributed by atoms with Crippen LogP contribution in [0.1, 0.15) is 74.8 Å². The van der Waals surface area contributed by atoms with Gasteiger partial charge in [0.2, 0.25) is 0 Å². The number of hydrogen-bond donors (Lipinski definition) is 0. The van der Waals surface area contributed by atoms with Gasteiger partial charge in [0.05, 0.1) is 18.8 Å². The molecule has 0 N–H and O–H groups in total. The summed E-state index contributed by atoms with van der Waals surface area (Å²) in [5.41, 5.74) is -0.457. The minimum absolute atomic E-state index is 0.0185. The second kappa shape index (κ2) is 8.93. The third kappa shape index (κ3) is 4.96. The smallest absolute Gasteiger partial charge is 0.352 e. The van der Waals surface area contributed by atoms with Crippen LogP contribution in [0.25, 0.3) is 0 Å². The van der Waals surface area contributed by atoms with Gasteiger partial charge in [0.1, 0.15) is 5.82 Å². The second-order valence-electron chi connectivity index (χ2n) is 8.99. The quantitative estimate of drug-likeness (QED) is 0.513. The predicted molar refractivity (Wildman–Crippen MR) is 102 cm³/mol. The first-order valence-corrected chi connectivity index (χ1v) is 11.0. The van der Waals surface area contributed by atoms with Crippen LogP contribution in [0.15, 0.2) is 18.2 Å². The molecule has 29 heavy (non-hydrogen) atoms. The Morgan fingerprint density at radius 2 is 1.31 bits per heavy atom. The molecule has 4 rings (SSSR count). The highest BCUT2D eigenvalue weighted by Gasteiger charge is 2.36. The summed E-state index contributed by atoms with van der Waals surface area (Å²) in [6.07, 6.45) is 5.09. The Bertz CT molecular complexity index is 668. The number of alkyl halides is 3. The van der Waals surface area contributed by atoms with E-state index in [4.69, 9.17) is 9.47 Å². The number of hydrogen-bond acceptors (Lipinski definition) is 2. The van der Waals surface area contributed by atoms with Crippen LogP contribution in [-0.4, -0.2) is 19.5 Å². The Balaban J connectivity index is 1.27. The highest BCUT2D eigenvalue weighted by atomic mass is 19.4. The van der Waals surface area contributed by atoms with Crippen LogP contribution < -0.4 is 0 Å². The van der Waals surface area contributed by atoms with Crippen LogP contribution in [0.5, 0.6) is 0 Å². The average molecular weight is 414 g/mol. The molecule has 6 heteroatoms. The molecule has 0 bridgehead atoms. The maximum Gasteiger partial charge on any atom is 0.419 e. The maximum absolute atomic E-state index is 13.9. The van der Waals surface area contributed by atoms with E-state index >= 15 is 0 Å². The van der Waals surface area contributed by atoms with Crippen molar-refractivity contribution in [3.8, 4) is 0 Å². The van der Waals surface area contributed by atoms with Crippen LogP contribution in [0.2, 0.25) is 0 Å². The lowest BCUT2D eigenvalue weighted by molar-refractivity contribution is -0.211. The molecule has 0 aromatic heterocycles. The molecule has 0 amide bonds. The van der Waals surface area contributed by atoms with Gasteiger partial charge in [-0.25, -0.2) is 4.39 Å². The van der Waals surface area contributed by atoms with E-state index in [9.17, 15) is 17.6 Å². The lowest BCUT2D eigenvalue weighted by Gasteiger charge is -2.40. The molecule has 162 valence electrons. The minimum Gasteiger partial charge on any atom is -0.352 e. The van der Waals surface area contributed by atoms with Gasteiger partial charge in [-0.15, -0.1) is 0 Å². The Morgan fingerprint density at radius 1 is 0.759 bits per heavy atom. The van der Waals surface area contributed by atoms with E-state index < -0.39 is 17.6 Å². The van der Waals surface area contributed by atoms with Crippen molar-refractivity contribution in [2.75, 3.05) is 13.2 Å². The largest absolute Gasteiger partial charge is 0.419 e. The van der Waals surface area contributed by atoms with Crippen molar-refractivity contribution >= 4 is 0 Å². The SMILES string of the molecule is Fc1cc(C2CCC(C3CCC(C4OCCCO4)CC3)CC2)ccc1C(F)(F)F. The topological polar surface area (TPSA) is 18.5 Å². The Hall–Kier alpha value is -1.14. The standard InChI is InChI=1S/C23H30F4O2/c24-21-14-19(10-11-20(21)23(25,26)27)17-4-2-15(3-5-17)16-6-8-18(9-7-16)22-28-12-1-13-29-22/h10-11,14-18,22H,1-9,12-13H2. The van der Waals surface area contributed by atoms with Gasteiger partial charge >= 0.3 is 6.18 Å². The molecule has 1 aromatic carbocycles. The van der Waals surface area contributed by atoms with Gasteiger partial charge in [-0.1, -0.05) is 6.07 Å². The maximum atomic E-state index is 13.9. The third-order valence-corrected chi connectivity index (χ3v) is 7.26. The molecule has 3 fully saturated rings. The van der Waals surface area contributed by atoms with Crippen LogP contribution in [0.4, 0.5) is 17.6 Å². The van der Waals surface area contributed by atoms with E-state index in [2.05, 4.69) is 0 Å². The second-order valence-corrected chi connectivity index (χ2v) is 8.99. The van der Waals surface area contributed by atoms with E-state index in [0.29, 0.717) is 17.4 Å². The lowest BCUT2D eigenvalue weighted by atomic mass is 9.68. The summed E-state index contributed by atoms with van der Waals surface area (Å²) < 4.78 is 63.8. The summed E-state index contributed by atoms with van der Waals surface area (Å²) in [5.74, 6) is 0.934. The molecule has 0 unspecified atom stereocenters. The summed E-state index contributed by atoms with van der Waals surface area (Å²) in [6, 6.07) is 3.46. The number of ether oxygens (including phenoxy) is 2. The molecule has 0 radical (unpaired) electrons. The molecule has 0 spiro atoms. The van der Waals surface area contributed by atoms with Crippen molar-refractivity contribution in [2.45, 2.75) is 76.2 Å². The molecule has 2 aliphatic carbocycles. The van der Waals surface area contributed by atoms with E-state index in [1.165, 1.54) is 18.9 Å². The van der Waals surface area contributed by atoms with Gasteiger partial charge in [-0.05, 0) is 93.2 Å². The fraction of sp³-hybridized carbons (Fsp3) is 0.739. The van der Waals surface area contributed by atoms with Crippen molar-refractivity contribution in [2.24, 2.45) is 17.8 Å². The zero-order chi connectivity index (χ0) is 20.4. The molecule has 2 saturated carbocycles. The van der Waals surface area contributed by atoms with Crippen molar-refractivity contribution in [1.29, 1.82) is 0 Å². The molecular weight excluding hydrogens is 384 g/mol. The third-order valence-electron chi connectivity index (χ3n) is 7.26. The first-order valence-electron chi connectivity index (χ1n) is 11.0. The summed E-state index contributed by atoms with van der Waals surface area (Å²) in [7, 11) is 0. The summed E-state index contributed by atoms with van der Waals surface area (Å²) >= 11 is 0. The minimum atomic E-state index is -4.63. The Labute approximate surface area is 170 Å². The van der Waals surface area contributed by atoms with Gasteiger partial charge < -0.3 is 9.47 Å². The Kier molecular flexibility index (Phi) is 6.50. The summed E-state index contributed by atoms with van der Waals surface area (Å²) in [6.45, 7) is 1.61. The highest BCUT2D eigenvalue weighted by Crippen LogP contribution is 2.45. The Morgan fingerprint density at radius 3 is 1.86 bits per heavy atom. The molecule has 1 saturated heterocycles.